The monoisotopic (exact) mass is 226 g/mol. The number of rotatable bonds is 9. The average Bonchev–Trinajstić information content (AvgIpc) is 2.16. The molecule has 0 atom stereocenters. The van der Waals surface area contributed by atoms with Crippen LogP contribution in [0.25, 0.3) is 0 Å². The van der Waals surface area contributed by atoms with Crippen molar-refractivity contribution >= 4 is 10.1 Å². The first-order valence-corrected chi connectivity index (χ1v) is 6.14. The molecule has 14 heavy (non-hydrogen) atoms. The van der Waals surface area contributed by atoms with E-state index in [1.54, 1.807) is 14.0 Å². The standard InChI is InChI=1S/C8H18O5S/c1-3-14(9,10)13-6-4-5-12-8-7-11-2/h3-8H2,1-2H3. The zero-order valence-electron chi connectivity index (χ0n) is 8.69. The van der Waals surface area contributed by atoms with Gasteiger partial charge in [0.15, 0.2) is 0 Å². The van der Waals surface area contributed by atoms with Crippen LogP contribution >= 0.6 is 0 Å². The second-order valence-corrected chi connectivity index (χ2v) is 4.56. The molecule has 0 saturated carbocycles. The summed E-state index contributed by atoms with van der Waals surface area (Å²) in [7, 11) is -1.70. The summed E-state index contributed by atoms with van der Waals surface area (Å²) in [5, 5.41) is 0. The van der Waals surface area contributed by atoms with Gasteiger partial charge in [-0.2, -0.15) is 8.42 Å². The Bertz CT molecular complexity index is 212. The van der Waals surface area contributed by atoms with E-state index in [9.17, 15) is 8.42 Å². The fourth-order valence-corrected chi connectivity index (χ4v) is 1.21. The van der Waals surface area contributed by atoms with E-state index in [4.69, 9.17) is 9.47 Å². The number of hydrogen-bond acceptors (Lipinski definition) is 5. The first-order chi connectivity index (χ1) is 6.62. The maximum absolute atomic E-state index is 10.9. The summed E-state index contributed by atoms with van der Waals surface area (Å²) >= 11 is 0. The van der Waals surface area contributed by atoms with Gasteiger partial charge in [0.2, 0.25) is 0 Å². The molecule has 0 spiro atoms. The van der Waals surface area contributed by atoms with E-state index < -0.39 is 10.1 Å². The summed E-state index contributed by atoms with van der Waals surface area (Å²) in [5.74, 6) is 0.0114. The van der Waals surface area contributed by atoms with Crippen molar-refractivity contribution in [1.29, 1.82) is 0 Å². The van der Waals surface area contributed by atoms with Crippen molar-refractivity contribution in [3.63, 3.8) is 0 Å². The molecule has 0 rings (SSSR count). The normalized spacial score (nSPS) is 11.9. The van der Waals surface area contributed by atoms with Crippen molar-refractivity contribution < 1.29 is 22.1 Å². The lowest BCUT2D eigenvalue weighted by molar-refractivity contribution is 0.0648. The molecule has 0 bridgehead atoms. The Kier molecular flexibility index (Phi) is 8.07. The molecule has 6 heteroatoms. The molecular formula is C8H18O5S. The van der Waals surface area contributed by atoms with E-state index in [0.29, 0.717) is 26.2 Å². The Morgan fingerprint density at radius 3 is 2.36 bits per heavy atom. The van der Waals surface area contributed by atoms with Crippen molar-refractivity contribution in [2.75, 3.05) is 39.3 Å². The van der Waals surface area contributed by atoms with Gasteiger partial charge in [0.25, 0.3) is 10.1 Å². The molecule has 0 fully saturated rings. The highest BCUT2D eigenvalue weighted by Crippen LogP contribution is 1.94. The number of hydrogen-bond donors (Lipinski definition) is 0. The van der Waals surface area contributed by atoms with Crippen molar-refractivity contribution in [3.05, 3.63) is 0 Å². The number of methoxy groups -OCH3 is 1. The molecule has 5 nitrogen and oxygen atoms in total. The maximum Gasteiger partial charge on any atom is 0.267 e. The van der Waals surface area contributed by atoms with Crippen molar-refractivity contribution in [2.45, 2.75) is 13.3 Å². The van der Waals surface area contributed by atoms with Gasteiger partial charge in [0.1, 0.15) is 0 Å². The van der Waals surface area contributed by atoms with E-state index in [2.05, 4.69) is 4.18 Å². The van der Waals surface area contributed by atoms with Gasteiger partial charge >= 0.3 is 0 Å². The minimum atomic E-state index is -3.30. The average molecular weight is 226 g/mol. The molecule has 0 heterocycles. The third-order valence-corrected chi connectivity index (χ3v) is 2.71. The Labute approximate surface area is 85.5 Å². The van der Waals surface area contributed by atoms with Gasteiger partial charge in [0.05, 0.1) is 25.6 Å². The second-order valence-electron chi connectivity index (χ2n) is 2.63. The van der Waals surface area contributed by atoms with Crippen LogP contribution in [0.5, 0.6) is 0 Å². The summed E-state index contributed by atoms with van der Waals surface area (Å²) in [6.07, 6.45) is 0.572. The van der Waals surface area contributed by atoms with Gasteiger partial charge in [-0.25, -0.2) is 0 Å². The summed E-state index contributed by atoms with van der Waals surface area (Å²) in [4.78, 5) is 0. The van der Waals surface area contributed by atoms with Gasteiger partial charge in [-0.05, 0) is 13.3 Å². The van der Waals surface area contributed by atoms with Crippen LogP contribution in [0.4, 0.5) is 0 Å². The molecule has 0 unspecified atom stereocenters. The Morgan fingerprint density at radius 2 is 1.79 bits per heavy atom. The highest BCUT2D eigenvalue weighted by atomic mass is 32.2. The van der Waals surface area contributed by atoms with Crippen LogP contribution in [0, 0.1) is 0 Å². The van der Waals surface area contributed by atoms with E-state index in [1.807, 2.05) is 0 Å². The van der Waals surface area contributed by atoms with Gasteiger partial charge < -0.3 is 9.47 Å². The molecule has 0 aliphatic carbocycles. The van der Waals surface area contributed by atoms with Crippen molar-refractivity contribution in [2.24, 2.45) is 0 Å². The lowest BCUT2D eigenvalue weighted by Crippen LogP contribution is -2.11. The van der Waals surface area contributed by atoms with Crippen LogP contribution in [0.1, 0.15) is 13.3 Å². The molecule has 0 amide bonds. The van der Waals surface area contributed by atoms with Gasteiger partial charge in [-0.3, -0.25) is 4.18 Å². The second kappa shape index (κ2) is 8.16. The van der Waals surface area contributed by atoms with Crippen LogP contribution in [0.3, 0.4) is 0 Å². The molecule has 0 N–H and O–H groups in total. The van der Waals surface area contributed by atoms with E-state index in [0.717, 1.165) is 0 Å². The first kappa shape index (κ1) is 13.8. The fraction of sp³-hybridized carbons (Fsp3) is 1.00. The molecule has 0 aliphatic heterocycles. The highest BCUT2D eigenvalue weighted by molar-refractivity contribution is 7.86. The Morgan fingerprint density at radius 1 is 1.07 bits per heavy atom. The topological polar surface area (TPSA) is 61.8 Å². The Balaban J connectivity index is 3.22. The van der Waals surface area contributed by atoms with Gasteiger partial charge in [0, 0.05) is 13.7 Å². The molecule has 0 aromatic carbocycles. The SMILES string of the molecule is CCS(=O)(=O)OCCCOCCOC. The van der Waals surface area contributed by atoms with E-state index in [1.165, 1.54) is 0 Å². The van der Waals surface area contributed by atoms with Gasteiger partial charge in [-0.1, -0.05) is 0 Å². The molecular weight excluding hydrogens is 208 g/mol. The fourth-order valence-electron chi connectivity index (χ4n) is 0.675. The first-order valence-electron chi connectivity index (χ1n) is 4.56. The third kappa shape index (κ3) is 8.43. The highest BCUT2D eigenvalue weighted by Gasteiger charge is 2.05. The van der Waals surface area contributed by atoms with Crippen LogP contribution in [-0.2, 0) is 23.8 Å². The molecule has 86 valence electrons. The minimum Gasteiger partial charge on any atom is -0.382 e. The van der Waals surface area contributed by atoms with Crippen LogP contribution in [0.15, 0.2) is 0 Å². The smallest absolute Gasteiger partial charge is 0.267 e. The summed E-state index contributed by atoms with van der Waals surface area (Å²) < 4.78 is 36.2. The largest absolute Gasteiger partial charge is 0.382 e. The summed E-state index contributed by atoms with van der Waals surface area (Å²) in [5.41, 5.74) is 0. The molecule has 0 aliphatic rings. The number of ether oxygens (including phenoxy) is 2. The molecule has 0 aromatic rings. The van der Waals surface area contributed by atoms with Crippen LogP contribution in [-0.4, -0.2) is 47.7 Å². The summed E-state index contributed by atoms with van der Waals surface area (Å²) in [6, 6.07) is 0. The molecule has 0 aromatic heterocycles. The van der Waals surface area contributed by atoms with E-state index in [-0.39, 0.29) is 12.4 Å². The zero-order chi connectivity index (χ0) is 10.9. The predicted octanol–water partition coefficient (Wildman–Crippen LogP) is 0.406. The lowest BCUT2D eigenvalue weighted by Gasteiger charge is -2.04. The Hall–Kier alpha value is -0.170. The molecule has 0 radical (unpaired) electrons. The maximum atomic E-state index is 10.9. The third-order valence-electron chi connectivity index (χ3n) is 1.48. The van der Waals surface area contributed by atoms with Crippen LogP contribution in [0.2, 0.25) is 0 Å². The van der Waals surface area contributed by atoms with Crippen molar-refractivity contribution in [3.8, 4) is 0 Å². The summed E-state index contributed by atoms with van der Waals surface area (Å²) in [6.45, 7) is 3.29. The lowest BCUT2D eigenvalue weighted by atomic mass is 10.5. The zero-order valence-corrected chi connectivity index (χ0v) is 9.51. The quantitative estimate of drug-likeness (QED) is 0.421. The van der Waals surface area contributed by atoms with Crippen molar-refractivity contribution in [1.82, 2.24) is 0 Å². The minimum absolute atomic E-state index is 0.0114. The van der Waals surface area contributed by atoms with Gasteiger partial charge in [-0.15, -0.1) is 0 Å². The molecule has 0 saturated heterocycles. The predicted molar refractivity (Wildman–Crippen MR) is 52.7 cm³/mol. The van der Waals surface area contributed by atoms with Crippen LogP contribution < -0.4 is 0 Å². The van der Waals surface area contributed by atoms with E-state index >= 15 is 0 Å².